The molecule has 46 heavy (non-hydrogen) atoms. The first kappa shape index (κ1) is 42.5. The molecule has 0 fully saturated rings. The van der Waals surface area contributed by atoms with E-state index in [1.54, 1.807) is 0 Å². The summed E-state index contributed by atoms with van der Waals surface area (Å²) in [6.45, 7) is 5.75. The summed E-state index contributed by atoms with van der Waals surface area (Å²) in [5.41, 5.74) is 0.565. The maximum absolute atomic E-state index is 12.7. The number of esters is 1. The molecular weight excluding hydrogens is 564 g/mol. The van der Waals surface area contributed by atoms with Gasteiger partial charge in [-0.1, -0.05) is 219 Å². The Labute approximate surface area is 287 Å². The standard InChI is InChI=1S/C43H78O3/c1-3-5-7-9-11-13-15-17-19-21-23-25-27-29-31-35-39-45-42-38-34-33-37-41(42)43(44)46-40-36-32-30-28-26-24-22-20-18-16-14-12-10-8-6-4-2/h33-34,37-38H,3-32,35-36,39-40H2,1-2H3. The minimum Gasteiger partial charge on any atom is -0.493 e. The van der Waals surface area contributed by atoms with E-state index in [1.165, 1.54) is 186 Å². The van der Waals surface area contributed by atoms with Crippen molar-refractivity contribution in [1.29, 1.82) is 0 Å². The predicted molar refractivity (Wildman–Crippen MR) is 201 cm³/mol. The van der Waals surface area contributed by atoms with Crippen LogP contribution in [0.4, 0.5) is 0 Å². The number of carbonyl (C=O) groups is 1. The summed E-state index contributed by atoms with van der Waals surface area (Å²) in [5.74, 6) is 0.420. The first-order chi connectivity index (χ1) is 22.8. The third-order valence-electron chi connectivity index (χ3n) is 9.59. The summed E-state index contributed by atoms with van der Waals surface area (Å²) < 4.78 is 11.6. The summed E-state index contributed by atoms with van der Waals surface area (Å²) in [7, 11) is 0. The van der Waals surface area contributed by atoms with Crippen LogP contribution in [0.3, 0.4) is 0 Å². The van der Waals surface area contributed by atoms with Gasteiger partial charge in [0.15, 0.2) is 0 Å². The SMILES string of the molecule is CCCCCCCCCCCCCCCCCCOC(=O)c1ccccc1OCCCCCCCCCCCCCCCCCC. The molecule has 0 aliphatic heterocycles. The Morgan fingerprint density at radius 3 is 1.09 bits per heavy atom. The van der Waals surface area contributed by atoms with Gasteiger partial charge >= 0.3 is 5.97 Å². The number of hydrogen-bond acceptors (Lipinski definition) is 3. The Bertz CT molecular complexity index is 760. The molecule has 0 saturated heterocycles. The predicted octanol–water partition coefficient (Wildman–Crippen LogP) is 14.7. The van der Waals surface area contributed by atoms with E-state index in [4.69, 9.17) is 9.47 Å². The molecule has 0 unspecified atom stereocenters. The highest BCUT2D eigenvalue weighted by molar-refractivity contribution is 5.92. The van der Waals surface area contributed by atoms with E-state index < -0.39 is 0 Å². The van der Waals surface area contributed by atoms with Gasteiger partial charge in [-0.15, -0.1) is 0 Å². The second-order valence-corrected chi connectivity index (χ2v) is 14.1. The number of rotatable bonds is 36. The minimum absolute atomic E-state index is 0.247. The van der Waals surface area contributed by atoms with Crippen LogP contribution in [0.25, 0.3) is 0 Å². The summed E-state index contributed by atoms with van der Waals surface area (Å²) in [6.07, 6.45) is 43.4. The van der Waals surface area contributed by atoms with Gasteiger partial charge in [-0.3, -0.25) is 0 Å². The van der Waals surface area contributed by atoms with Crippen LogP contribution in [0.1, 0.15) is 230 Å². The van der Waals surface area contributed by atoms with Crippen LogP contribution in [-0.2, 0) is 4.74 Å². The molecule has 0 aliphatic carbocycles. The van der Waals surface area contributed by atoms with Crippen LogP contribution in [0, 0.1) is 0 Å². The van der Waals surface area contributed by atoms with Gasteiger partial charge in [0.25, 0.3) is 0 Å². The Balaban J connectivity index is 1.93. The van der Waals surface area contributed by atoms with Gasteiger partial charge in [-0.2, -0.15) is 0 Å². The van der Waals surface area contributed by atoms with E-state index in [-0.39, 0.29) is 5.97 Å². The van der Waals surface area contributed by atoms with Crippen molar-refractivity contribution in [3.8, 4) is 5.75 Å². The van der Waals surface area contributed by atoms with Gasteiger partial charge in [0.2, 0.25) is 0 Å². The smallest absolute Gasteiger partial charge is 0.341 e. The maximum Gasteiger partial charge on any atom is 0.341 e. The highest BCUT2D eigenvalue weighted by Gasteiger charge is 2.13. The average molecular weight is 643 g/mol. The molecule has 0 N–H and O–H groups in total. The van der Waals surface area contributed by atoms with Crippen LogP contribution >= 0.6 is 0 Å². The number of ether oxygens (including phenoxy) is 2. The average Bonchev–Trinajstić information content (AvgIpc) is 3.07. The number of unbranched alkanes of at least 4 members (excludes halogenated alkanes) is 30. The van der Waals surface area contributed by atoms with Gasteiger partial charge in [-0.25, -0.2) is 4.79 Å². The Morgan fingerprint density at radius 1 is 0.413 bits per heavy atom. The lowest BCUT2D eigenvalue weighted by atomic mass is 10.0. The minimum atomic E-state index is -0.247. The highest BCUT2D eigenvalue weighted by atomic mass is 16.5. The Hall–Kier alpha value is -1.51. The second-order valence-electron chi connectivity index (χ2n) is 14.1. The van der Waals surface area contributed by atoms with E-state index in [0.717, 1.165) is 19.3 Å². The van der Waals surface area contributed by atoms with Crippen molar-refractivity contribution in [2.24, 2.45) is 0 Å². The molecule has 0 amide bonds. The molecule has 1 rings (SSSR count). The van der Waals surface area contributed by atoms with E-state index in [0.29, 0.717) is 24.5 Å². The molecule has 0 radical (unpaired) electrons. The first-order valence-electron chi connectivity index (χ1n) is 20.7. The number of benzene rings is 1. The van der Waals surface area contributed by atoms with Gasteiger partial charge < -0.3 is 9.47 Å². The molecule has 0 atom stereocenters. The van der Waals surface area contributed by atoms with Crippen molar-refractivity contribution in [3.05, 3.63) is 29.8 Å². The third kappa shape index (κ3) is 27.6. The number of carbonyl (C=O) groups excluding carboxylic acids is 1. The first-order valence-corrected chi connectivity index (χ1v) is 20.7. The van der Waals surface area contributed by atoms with Crippen molar-refractivity contribution >= 4 is 5.97 Å². The fourth-order valence-electron chi connectivity index (χ4n) is 6.49. The zero-order chi connectivity index (χ0) is 33.0. The number of hydrogen-bond donors (Lipinski definition) is 0. The lowest BCUT2D eigenvalue weighted by molar-refractivity contribution is 0.0493. The van der Waals surface area contributed by atoms with Crippen molar-refractivity contribution in [3.63, 3.8) is 0 Å². The van der Waals surface area contributed by atoms with Gasteiger partial charge in [0.05, 0.1) is 13.2 Å². The maximum atomic E-state index is 12.7. The largest absolute Gasteiger partial charge is 0.493 e. The number of para-hydroxylation sites is 1. The van der Waals surface area contributed by atoms with Crippen molar-refractivity contribution in [2.45, 2.75) is 219 Å². The van der Waals surface area contributed by atoms with E-state index in [2.05, 4.69) is 13.8 Å². The van der Waals surface area contributed by atoms with Gasteiger partial charge in [-0.05, 0) is 25.0 Å². The van der Waals surface area contributed by atoms with E-state index in [9.17, 15) is 4.79 Å². The fraction of sp³-hybridized carbons (Fsp3) is 0.837. The lowest BCUT2D eigenvalue weighted by Gasteiger charge is -2.11. The van der Waals surface area contributed by atoms with E-state index >= 15 is 0 Å². The van der Waals surface area contributed by atoms with Crippen molar-refractivity contribution in [1.82, 2.24) is 0 Å². The van der Waals surface area contributed by atoms with Crippen molar-refractivity contribution in [2.75, 3.05) is 13.2 Å². The molecule has 3 heteroatoms. The van der Waals surface area contributed by atoms with Crippen molar-refractivity contribution < 1.29 is 14.3 Å². The summed E-state index contributed by atoms with van der Waals surface area (Å²) in [4.78, 5) is 12.7. The fourth-order valence-corrected chi connectivity index (χ4v) is 6.49. The Morgan fingerprint density at radius 2 is 0.717 bits per heavy atom. The summed E-state index contributed by atoms with van der Waals surface area (Å²) >= 11 is 0. The summed E-state index contributed by atoms with van der Waals surface area (Å²) in [5, 5.41) is 0. The van der Waals surface area contributed by atoms with Crippen LogP contribution in [0.2, 0.25) is 0 Å². The zero-order valence-electron chi connectivity index (χ0n) is 31.1. The normalized spacial score (nSPS) is 11.3. The summed E-state index contributed by atoms with van der Waals surface area (Å²) in [6, 6.07) is 7.57. The second kappa shape index (κ2) is 34.8. The lowest BCUT2D eigenvalue weighted by Crippen LogP contribution is -2.09. The molecule has 0 heterocycles. The molecule has 0 aliphatic rings. The molecule has 1 aromatic carbocycles. The van der Waals surface area contributed by atoms with Gasteiger partial charge in [0.1, 0.15) is 11.3 Å². The van der Waals surface area contributed by atoms with Gasteiger partial charge in [0, 0.05) is 0 Å². The Kier molecular flexibility index (Phi) is 32.2. The molecule has 0 saturated carbocycles. The molecule has 0 aromatic heterocycles. The third-order valence-corrected chi connectivity index (χ3v) is 9.59. The molecule has 268 valence electrons. The molecule has 1 aromatic rings. The van der Waals surface area contributed by atoms with Crippen LogP contribution in [-0.4, -0.2) is 19.2 Å². The topological polar surface area (TPSA) is 35.5 Å². The quantitative estimate of drug-likeness (QED) is 0.0539. The van der Waals surface area contributed by atoms with Crippen LogP contribution in [0.15, 0.2) is 24.3 Å². The van der Waals surface area contributed by atoms with E-state index in [1.807, 2.05) is 24.3 Å². The zero-order valence-corrected chi connectivity index (χ0v) is 31.1. The monoisotopic (exact) mass is 643 g/mol. The molecule has 0 bridgehead atoms. The molecular formula is C43H78O3. The molecule has 0 spiro atoms. The molecule has 3 nitrogen and oxygen atoms in total. The highest BCUT2D eigenvalue weighted by Crippen LogP contribution is 2.21. The van der Waals surface area contributed by atoms with Crippen LogP contribution < -0.4 is 4.74 Å². The van der Waals surface area contributed by atoms with Crippen LogP contribution in [0.5, 0.6) is 5.75 Å².